The quantitative estimate of drug-likeness (QED) is 0.147. The normalized spacial score (nSPS) is 10.8. The molecule has 0 aliphatic carbocycles. The molecule has 0 amide bonds. The van der Waals surface area contributed by atoms with Crippen LogP contribution in [0.25, 0.3) is 32.7 Å². The minimum Gasteiger partial charge on any atom is -0.497 e. The zero-order valence-electron chi connectivity index (χ0n) is 23.0. The highest BCUT2D eigenvalue weighted by atomic mass is 16.5. The topological polar surface area (TPSA) is 71.1 Å². The maximum atomic E-state index is 13.3. The van der Waals surface area contributed by atoms with Gasteiger partial charge >= 0.3 is 11.9 Å². The first-order valence-corrected chi connectivity index (χ1v) is 13.3. The Bertz CT molecular complexity index is 1920. The highest BCUT2D eigenvalue weighted by molar-refractivity contribution is 6.09. The molecule has 0 N–H and O–H groups in total. The maximum Gasteiger partial charge on any atom is 0.343 e. The van der Waals surface area contributed by atoms with Gasteiger partial charge in [-0.1, -0.05) is 54.6 Å². The van der Waals surface area contributed by atoms with E-state index in [1.807, 2.05) is 66.7 Å². The highest BCUT2D eigenvalue weighted by Gasteiger charge is 2.20. The molecular weight excluding hydrogens is 528 g/mol. The molecule has 6 aromatic rings. The van der Waals surface area contributed by atoms with E-state index >= 15 is 0 Å². The largest absolute Gasteiger partial charge is 0.497 e. The summed E-state index contributed by atoms with van der Waals surface area (Å²) in [5, 5.41) is 3.65. The molecule has 0 aliphatic rings. The van der Waals surface area contributed by atoms with Crippen LogP contribution in [-0.2, 0) is 0 Å². The molecule has 6 rings (SSSR count). The monoisotopic (exact) mass is 554 g/mol. The Kier molecular flexibility index (Phi) is 7.26. The minimum absolute atomic E-state index is 0.366. The number of fused-ring (bicyclic) bond motifs is 2. The average molecular weight is 555 g/mol. The second-order valence-electron chi connectivity index (χ2n) is 9.59. The van der Waals surface area contributed by atoms with Crippen LogP contribution in [0.5, 0.6) is 23.0 Å². The lowest BCUT2D eigenvalue weighted by Crippen LogP contribution is -2.10. The average Bonchev–Trinajstić information content (AvgIpc) is 3.04. The Morgan fingerprint density at radius 2 is 1.05 bits per heavy atom. The smallest absolute Gasteiger partial charge is 0.343 e. The summed E-state index contributed by atoms with van der Waals surface area (Å²) in [7, 11) is 3.14. The first kappa shape index (κ1) is 26.6. The van der Waals surface area contributed by atoms with E-state index < -0.39 is 11.9 Å². The van der Waals surface area contributed by atoms with E-state index in [-0.39, 0.29) is 0 Å². The number of benzene rings is 6. The van der Waals surface area contributed by atoms with Crippen molar-refractivity contribution in [3.8, 4) is 34.1 Å². The zero-order chi connectivity index (χ0) is 29.1. The SMILES string of the molecule is COc1ccc(C(=O)Oc2cc(-c3c(OC(=O)c4ccc(OC)cc4)ccc4ccccc34)c3ccccc3c2)cc1. The fourth-order valence-corrected chi connectivity index (χ4v) is 4.94. The van der Waals surface area contributed by atoms with Crippen molar-refractivity contribution >= 4 is 33.5 Å². The number of rotatable bonds is 7. The van der Waals surface area contributed by atoms with Gasteiger partial charge in [-0.2, -0.15) is 0 Å². The third-order valence-corrected chi connectivity index (χ3v) is 7.06. The molecule has 0 heterocycles. The van der Waals surface area contributed by atoms with Crippen LogP contribution in [-0.4, -0.2) is 26.2 Å². The highest BCUT2D eigenvalue weighted by Crippen LogP contribution is 2.42. The lowest BCUT2D eigenvalue weighted by atomic mass is 9.92. The number of carbonyl (C=O) groups excluding carboxylic acids is 2. The Morgan fingerprint density at radius 3 is 1.67 bits per heavy atom. The number of ether oxygens (including phenoxy) is 4. The standard InChI is InChI=1S/C36H26O6/c1-39-27-16-11-24(12-17-27)35(37)41-29-21-26-8-4-5-9-30(26)32(22-29)34-31-10-6-3-7-23(31)15-20-33(34)42-36(38)25-13-18-28(40-2)19-14-25/h3-22H,1-2H3. The van der Waals surface area contributed by atoms with Crippen LogP contribution >= 0.6 is 0 Å². The molecule has 206 valence electrons. The summed E-state index contributed by atoms with van der Waals surface area (Å²) < 4.78 is 22.3. The van der Waals surface area contributed by atoms with E-state index in [0.717, 1.165) is 27.1 Å². The van der Waals surface area contributed by atoms with Gasteiger partial charge in [-0.25, -0.2) is 9.59 Å². The van der Waals surface area contributed by atoms with Crippen molar-refractivity contribution in [3.63, 3.8) is 0 Å². The molecule has 0 saturated carbocycles. The third kappa shape index (κ3) is 5.25. The van der Waals surface area contributed by atoms with Gasteiger partial charge in [0.05, 0.1) is 25.3 Å². The summed E-state index contributed by atoms with van der Waals surface area (Å²) in [6.07, 6.45) is 0. The molecule has 0 saturated heterocycles. The maximum absolute atomic E-state index is 13.3. The van der Waals surface area contributed by atoms with Crippen LogP contribution in [0.15, 0.2) is 121 Å². The number of esters is 2. The summed E-state index contributed by atoms with van der Waals surface area (Å²) in [4.78, 5) is 26.4. The summed E-state index contributed by atoms with van der Waals surface area (Å²) >= 11 is 0. The fraction of sp³-hybridized carbons (Fsp3) is 0.0556. The molecular formula is C36H26O6. The molecule has 6 aromatic carbocycles. The first-order chi connectivity index (χ1) is 20.5. The minimum atomic E-state index is -0.499. The van der Waals surface area contributed by atoms with Gasteiger partial charge in [0.2, 0.25) is 0 Å². The van der Waals surface area contributed by atoms with Crippen LogP contribution in [0.1, 0.15) is 20.7 Å². The summed E-state index contributed by atoms with van der Waals surface area (Å²) in [5.41, 5.74) is 2.26. The van der Waals surface area contributed by atoms with Crippen molar-refractivity contribution < 1.29 is 28.5 Å². The fourth-order valence-electron chi connectivity index (χ4n) is 4.94. The summed E-state index contributed by atoms with van der Waals surface area (Å²) in [5.74, 6) is 1.05. The lowest BCUT2D eigenvalue weighted by Gasteiger charge is -2.17. The molecule has 42 heavy (non-hydrogen) atoms. The molecule has 0 fully saturated rings. The molecule has 0 aliphatic heterocycles. The lowest BCUT2D eigenvalue weighted by molar-refractivity contribution is 0.0726. The zero-order valence-corrected chi connectivity index (χ0v) is 23.0. The first-order valence-electron chi connectivity index (χ1n) is 13.3. The van der Waals surface area contributed by atoms with Crippen molar-refractivity contribution in [2.75, 3.05) is 14.2 Å². The number of carbonyl (C=O) groups is 2. The van der Waals surface area contributed by atoms with Crippen molar-refractivity contribution in [3.05, 3.63) is 132 Å². The van der Waals surface area contributed by atoms with Crippen molar-refractivity contribution in [1.29, 1.82) is 0 Å². The van der Waals surface area contributed by atoms with Gasteiger partial charge in [-0.3, -0.25) is 0 Å². The van der Waals surface area contributed by atoms with E-state index in [2.05, 4.69) is 0 Å². The number of hydrogen-bond donors (Lipinski definition) is 0. The van der Waals surface area contributed by atoms with Gasteiger partial charge in [0, 0.05) is 5.56 Å². The van der Waals surface area contributed by atoms with Crippen LogP contribution in [0.2, 0.25) is 0 Å². The Labute approximate surface area is 242 Å². The second kappa shape index (κ2) is 11.5. The van der Waals surface area contributed by atoms with Crippen molar-refractivity contribution in [2.24, 2.45) is 0 Å². The van der Waals surface area contributed by atoms with Crippen molar-refractivity contribution in [2.45, 2.75) is 0 Å². The van der Waals surface area contributed by atoms with Gasteiger partial charge in [-0.15, -0.1) is 0 Å². The molecule has 6 nitrogen and oxygen atoms in total. The predicted octanol–water partition coefficient (Wildman–Crippen LogP) is 8.12. The summed E-state index contributed by atoms with van der Waals surface area (Å²) in [6, 6.07) is 36.6. The molecule has 0 unspecified atom stereocenters. The number of hydrogen-bond acceptors (Lipinski definition) is 6. The van der Waals surface area contributed by atoms with Crippen LogP contribution in [0, 0.1) is 0 Å². The van der Waals surface area contributed by atoms with E-state index in [9.17, 15) is 9.59 Å². The molecule has 0 atom stereocenters. The third-order valence-electron chi connectivity index (χ3n) is 7.06. The molecule has 6 heteroatoms. The van der Waals surface area contributed by atoms with Gasteiger partial charge < -0.3 is 18.9 Å². The Morgan fingerprint density at radius 1 is 0.500 bits per heavy atom. The Hall–Kier alpha value is -5.62. The van der Waals surface area contributed by atoms with Crippen molar-refractivity contribution in [1.82, 2.24) is 0 Å². The van der Waals surface area contributed by atoms with Crippen LogP contribution in [0.4, 0.5) is 0 Å². The van der Waals surface area contributed by atoms with Crippen LogP contribution in [0.3, 0.4) is 0 Å². The van der Waals surface area contributed by atoms with Gasteiger partial charge in [0.1, 0.15) is 23.0 Å². The number of methoxy groups -OCH3 is 2. The predicted molar refractivity (Wildman–Crippen MR) is 163 cm³/mol. The van der Waals surface area contributed by atoms with E-state index in [4.69, 9.17) is 18.9 Å². The molecule has 0 radical (unpaired) electrons. The summed E-state index contributed by atoms with van der Waals surface area (Å²) in [6.45, 7) is 0. The van der Waals surface area contributed by atoms with Crippen LogP contribution < -0.4 is 18.9 Å². The van der Waals surface area contributed by atoms with E-state index in [1.54, 1.807) is 68.8 Å². The van der Waals surface area contributed by atoms with Gasteiger partial charge in [-0.05, 0) is 93.8 Å². The van der Waals surface area contributed by atoms with Gasteiger partial charge in [0.25, 0.3) is 0 Å². The Balaban J connectivity index is 1.47. The van der Waals surface area contributed by atoms with E-state index in [0.29, 0.717) is 39.7 Å². The molecule has 0 spiro atoms. The second-order valence-corrected chi connectivity index (χ2v) is 9.59. The molecule has 0 aromatic heterocycles. The van der Waals surface area contributed by atoms with Gasteiger partial charge in [0.15, 0.2) is 0 Å². The van der Waals surface area contributed by atoms with E-state index in [1.165, 1.54) is 0 Å². The molecule has 0 bridgehead atoms.